The van der Waals surface area contributed by atoms with Crippen molar-refractivity contribution in [2.24, 2.45) is 0 Å². The molecule has 0 radical (unpaired) electrons. The maximum Gasteiger partial charge on any atom is 0.433 e. The molecule has 0 unspecified atom stereocenters. The van der Waals surface area contributed by atoms with Gasteiger partial charge in [-0.15, -0.1) is 0 Å². The predicted molar refractivity (Wildman–Crippen MR) is 66.5 cm³/mol. The van der Waals surface area contributed by atoms with Crippen LogP contribution in [0.15, 0.2) is 11.9 Å². The van der Waals surface area contributed by atoms with Crippen LogP contribution < -0.4 is 0 Å². The molecule has 30 heavy (non-hydrogen) atoms. The Kier molecular flexibility index (Phi) is 7.06. The SMILES string of the molecule is FC(F)=C(F)C(F)(F)OC(C(F)(F)F)(C(F)(F)F)C(F)(F)C(F)(F)N1CCCCC1. The lowest BCUT2D eigenvalue weighted by molar-refractivity contribution is -0.504. The van der Waals surface area contributed by atoms with Gasteiger partial charge >= 0.3 is 42.1 Å². The molecule has 1 heterocycles. The number of likely N-dealkylation sites (tertiary alicyclic amines) is 1. The molecular formula is C13H10F15NO. The summed E-state index contributed by atoms with van der Waals surface area (Å²) >= 11 is 0. The van der Waals surface area contributed by atoms with Crippen LogP contribution in [0.5, 0.6) is 0 Å². The Balaban J connectivity index is 3.82. The predicted octanol–water partition coefficient (Wildman–Crippen LogP) is 6.25. The van der Waals surface area contributed by atoms with E-state index in [4.69, 9.17) is 0 Å². The van der Waals surface area contributed by atoms with Crippen LogP contribution in [0.2, 0.25) is 0 Å². The maximum atomic E-state index is 14.3. The third-order valence-corrected chi connectivity index (χ3v) is 4.07. The fourth-order valence-corrected chi connectivity index (χ4v) is 2.63. The lowest BCUT2D eigenvalue weighted by Gasteiger charge is -2.48. The second kappa shape index (κ2) is 7.94. The Morgan fingerprint density at radius 3 is 1.37 bits per heavy atom. The number of hydrogen-bond acceptors (Lipinski definition) is 2. The number of alkyl halides is 12. The van der Waals surface area contributed by atoms with Gasteiger partial charge in [0.25, 0.3) is 5.83 Å². The average Bonchev–Trinajstić information content (AvgIpc) is 2.57. The summed E-state index contributed by atoms with van der Waals surface area (Å²) in [6, 6.07) is -6.41. The highest BCUT2D eigenvalue weighted by atomic mass is 19.4. The zero-order valence-electron chi connectivity index (χ0n) is 14.1. The van der Waals surface area contributed by atoms with Gasteiger partial charge in [0.15, 0.2) is 0 Å². The first kappa shape index (κ1) is 26.6. The van der Waals surface area contributed by atoms with Crippen molar-refractivity contribution in [1.82, 2.24) is 4.90 Å². The van der Waals surface area contributed by atoms with Gasteiger partial charge < -0.3 is 0 Å². The lowest BCUT2D eigenvalue weighted by atomic mass is 9.90. The molecule has 0 saturated carbocycles. The Hall–Kier alpha value is -1.39. The Morgan fingerprint density at radius 1 is 0.633 bits per heavy atom. The van der Waals surface area contributed by atoms with Crippen molar-refractivity contribution in [3.05, 3.63) is 11.9 Å². The minimum atomic E-state index is -7.80. The molecule has 0 N–H and O–H groups in total. The first-order valence-corrected chi connectivity index (χ1v) is 7.60. The highest BCUT2D eigenvalue weighted by Gasteiger charge is 2.92. The van der Waals surface area contributed by atoms with Crippen LogP contribution in [0.4, 0.5) is 65.9 Å². The van der Waals surface area contributed by atoms with E-state index in [1.807, 2.05) is 4.74 Å². The van der Waals surface area contributed by atoms with E-state index >= 15 is 0 Å². The van der Waals surface area contributed by atoms with Gasteiger partial charge in [-0.05, 0) is 12.8 Å². The van der Waals surface area contributed by atoms with Gasteiger partial charge in [-0.1, -0.05) is 6.42 Å². The van der Waals surface area contributed by atoms with Crippen molar-refractivity contribution in [3.8, 4) is 0 Å². The van der Waals surface area contributed by atoms with Crippen LogP contribution in [0, 0.1) is 0 Å². The third kappa shape index (κ3) is 4.18. The van der Waals surface area contributed by atoms with E-state index in [2.05, 4.69) is 0 Å². The summed E-state index contributed by atoms with van der Waals surface area (Å²) in [6.45, 7) is -2.31. The van der Waals surface area contributed by atoms with Gasteiger partial charge in [-0.2, -0.15) is 65.9 Å². The second-order valence-electron chi connectivity index (χ2n) is 6.03. The van der Waals surface area contributed by atoms with E-state index < -0.39 is 65.9 Å². The fourth-order valence-electron chi connectivity index (χ4n) is 2.63. The first-order valence-electron chi connectivity index (χ1n) is 7.60. The summed E-state index contributed by atoms with van der Waals surface area (Å²) < 4.78 is 201. The molecule has 0 aromatic rings. The zero-order valence-corrected chi connectivity index (χ0v) is 14.1. The molecule has 0 aromatic carbocycles. The summed E-state index contributed by atoms with van der Waals surface area (Å²) in [5.41, 5.74) is -7.77. The van der Waals surface area contributed by atoms with Gasteiger partial charge in [-0.3, -0.25) is 4.74 Å². The van der Waals surface area contributed by atoms with Gasteiger partial charge in [0.1, 0.15) is 0 Å². The Bertz CT molecular complexity index is 626. The normalized spacial score (nSPS) is 18.5. The van der Waals surface area contributed by atoms with Crippen molar-refractivity contribution in [2.45, 2.75) is 55.3 Å². The molecule has 0 atom stereocenters. The first-order chi connectivity index (χ1) is 13.2. The molecule has 1 fully saturated rings. The van der Waals surface area contributed by atoms with Crippen LogP contribution in [0.25, 0.3) is 0 Å². The molecule has 2 nitrogen and oxygen atoms in total. The molecule has 0 spiro atoms. The summed E-state index contributed by atoms with van der Waals surface area (Å²) in [5.74, 6) is -12.0. The third-order valence-electron chi connectivity index (χ3n) is 4.07. The largest absolute Gasteiger partial charge is 0.433 e. The van der Waals surface area contributed by atoms with Crippen molar-refractivity contribution < 1.29 is 70.6 Å². The standard InChI is InChI=1S/C13H10F15NO/c14-6(7(15)16)8(17,18)30-9(11(21,22)23,12(24,25)26)10(19,20)13(27,28)29-4-2-1-3-5-29/h1-5H2. The summed E-state index contributed by atoms with van der Waals surface area (Å²) in [4.78, 5) is -0.827. The Morgan fingerprint density at radius 2 is 1.03 bits per heavy atom. The van der Waals surface area contributed by atoms with Crippen LogP contribution in [0.3, 0.4) is 0 Å². The molecule has 1 saturated heterocycles. The number of nitrogens with zero attached hydrogens (tertiary/aromatic N) is 1. The minimum absolute atomic E-state index is 0.0855. The van der Waals surface area contributed by atoms with Gasteiger partial charge in [0.2, 0.25) is 0 Å². The van der Waals surface area contributed by atoms with Crippen molar-refractivity contribution in [1.29, 1.82) is 0 Å². The van der Waals surface area contributed by atoms with E-state index in [9.17, 15) is 65.9 Å². The smallest absolute Gasteiger partial charge is 0.283 e. The average molecular weight is 481 g/mol. The quantitative estimate of drug-likeness (QED) is 0.329. The molecule has 0 aliphatic carbocycles. The van der Waals surface area contributed by atoms with Crippen molar-refractivity contribution in [3.63, 3.8) is 0 Å². The molecule has 178 valence electrons. The summed E-state index contributed by atoms with van der Waals surface area (Å²) in [5, 5.41) is 0. The van der Waals surface area contributed by atoms with Crippen molar-refractivity contribution in [2.75, 3.05) is 13.1 Å². The molecule has 1 aliphatic heterocycles. The van der Waals surface area contributed by atoms with E-state index in [0.717, 1.165) is 0 Å². The number of rotatable bonds is 6. The van der Waals surface area contributed by atoms with Crippen LogP contribution in [-0.2, 0) is 4.74 Å². The maximum absolute atomic E-state index is 14.3. The summed E-state index contributed by atoms with van der Waals surface area (Å²) in [6.07, 6.45) is -27.5. The monoisotopic (exact) mass is 481 g/mol. The minimum Gasteiger partial charge on any atom is -0.283 e. The van der Waals surface area contributed by atoms with Crippen molar-refractivity contribution >= 4 is 0 Å². The van der Waals surface area contributed by atoms with E-state index in [1.54, 1.807) is 0 Å². The van der Waals surface area contributed by atoms with E-state index in [1.165, 1.54) is 0 Å². The van der Waals surface area contributed by atoms with E-state index in [-0.39, 0.29) is 19.3 Å². The van der Waals surface area contributed by atoms with Gasteiger partial charge in [-0.25, -0.2) is 4.90 Å². The molecular weight excluding hydrogens is 471 g/mol. The lowest BCUT2D eigenvalue weighted by Crippen LogP contribution is -2.77. The van der Waals surface area contributed by atoms with Crippen LogP contribution >= 0.6 is 0 Å². The zero-order chi connectivity index (χ0) is 24.0. The van der Waals surface area contributed by atoms with Gasteiger partial charge in [0.05, 0.1) is 0 Å². The molecule has 1 aliphatic rings. The highest BCUT2D eigenvalue weighted by Crippen LogP contribution is 2.61. The molecule has 1 rings (SSSR count). The van der Waals surface area contributed by atoms with E-state index in [0.29, 0.717) is 0 Å². The fraction of sp³-hybridized carbons (Fsp3) is 0.846. The van der Waals surface area contributed by atoms with Crippen LogP contribution in [-0.4, -0.2) is 54.0 Å². The number of piperidine rings is 1. The van der Waals surface area contributed by atoms with Crippen LogP contribution in [0.1, 0.15) is 19.3 Å². The topological polar surface area (TPSA) is 12.5 Å². The number of ether oxygens (including phenoxy) is 1. The second-order valence-corrected chi connectivity index (χ2v) is 6.03. The molecule has 0 aromatic heterocycles. The molecule has 0 amide bonds. The number of halogens is 15. The Labute approximate surface area is 157 Å². The molecule has 17 heteroatoms. The summed E-state index contributed by atoms with van der Waals surface area (Å²) in [7, 11) is 0. The van der Waals surface area contributed by atoms with Gasteiger partial charge in [0, 0.05) is 13.1 Å². The molecule has 0 bridgehead atoms. The number of hydrogen-bond donors (Lipinski definition) is 0. The highest BCUT2D eigenvalue weighted by molar-refractivity contribution is 5.14.